The molecule has 3 aliphatic heterocycles. The molecule has 0 spiro atoms. The Morgan fingerprint density at radius 2 is 1.84 bits per heavy atom. The molecular weight excluding hydrogens is 492 g/mol. The summed E-state index contributed by atoms with van der Waals surface area (Å²) < 4.78 is 31.9. The van der Waals surface area contributed by atoms with Crippen molar-refractivity contribution in [2.75, 3.05) is 55.5 Å². The van der Waals surface area contributed by atoms with Gasteiger partial charge in [-0.25, -0.2) is 18.4 Å². The molecule has 200 valence electrons. The van der Waals surface area contributed by atoms with Gasteiger partial charge in [-0.1, -0.05) is 31.2 Å². The highest BCUT2D eigenvalue weighted by Gasteiger charge is 2.40. The lowest BCUT2D eigenvalue weighted by molar-refractivity contribution is -0.121. The number of anilines is 2. The van der Waals surface area contributed by atoms with Gasteiger partial charge in [0.05, 0.1) is 11.7 Å². The van der Waals surface area contributed by atoms with Crippen LogP contribution in [0.15, 0.2) is 30.5 Å². The maximum Gasteiger partial charge on any atom is 0.239 e. The van der Waals surface area contributed by atoms with Gasteiger partial charge in [-0.15, -0.1) is 0 Å². The van der Waals surface area contributed by atoms with Crippen LogP contribution in [0.5, 0.6) is 0 Å². The molecule has 2 aromatic rings. The van der Waals surface area contributed by atoms with E-state index in [9.17, 15) is 13.2 Å². The van der Waals surface area contributed by atoms with Gasteiger partial charge in [0.25, 0.3) is 0 Å². The van der Waals surface area contributed by atoms with Gasteiger partial charge in [0.15, 0.2) is 0 Å². The summed E-state index contributed by atoms with van der Waals surface area (Å²) in [6.07, 6.45) is 4.54. The average Bonchev–Trinajstić information content (AvgIpc) is 2.90. The summed E-state index contributed by atoms with van der Waals surface area (Å²) in [5, 5.41) is 1.94. The first kappa shape index (κ1) is 26.0. The first-order valence-corrected chi connectivity index (χ1v) is 14.8. The van der Waals surface area contributed by atoms with Gasteiger partial charge >= 0.3 is 0 Å². The second-order valence-corrected chi connectivity index (χ2v) is 12.1. The van der Waals surface area contributed by atoms with Crippen molar-refractivity contribution in [1.82, 2.24) is 19.3 Å². The highest BCUT2D eigenvalue weighted by Crippen LogP contribution is 2.38. The van der Waals surface area contributed by atoms with Gasteiger partial charge in [-0.05, 0) is 43.7 Å². The van der Waals surface area contributed by atoms with Gasteiger partial charge in [0.1, 0.15) is 5.82 Å². The van der Waals surface area contributed by atoms with E-state index >= 15 is 0 Å². The summed E-state index contributed by atoms with van der Waals surface area (Å²) in [5.41, 5.74) is 6.37. The molecule has 1 aromatic heterocycles. The predicted octanol–water partition coefficient (Wildman–Crippen LogP) is 2.32. The number of ether oxygens (including phenoxy) is 1. The molecule has 3 aliphatic rings. The zero-order valence-electron chi connectivity index (χ0n) is 21.6. The number of benzene rings is 1. The van der Waals surface area contributed by atoms with Crippen LogP contribution in [0.25, 0.3) is 0 Å². The van der Waals surface area contributed by atoms with E-state index in [1.165, 1.54) is 0 Å². The number of hydrazine groups is 1. The molecule has 2 fully saturated rings. The Morgan fingerprint density at radius 3 is 2.54 bits per heavy atom. The third-order valence-corrected chi connectivity index (χ3v) is 9.58. The van der Waals surface area contributed by atoms with E-state index in [4.69, 9.17) is 9.72 Å². The molecule has 1 atom stereocenters. The average molecular weight is 529 g/mol. The number of carbonyl (C=O) groups is 1. The number of carbonyl (C=O) groups excluding carboxylic acids is 1. The topological polar surface area (TPSA) is 108 Å². The van der Waals surface area contributed by atoms with Crippen LogP contribution < -0.4 is 10.3 Å². The lowest BCUT2D eigenvalue weighted by atomic mass is 9.85. The van der Waals surface area contributed by atoms with Crippen LogP contribution in [-0.2, 0) is 26.0 Å². The van der Waals surface area contributed by atoms with Crippen molar-refractivity contribution in [3.8, 4) is 0 Å². The van der Waals surface area contributed by atoms with E-state index in [1.807, 2.05) is 54.2 Å². The number of hydrogen-bond donors (Lipinski definition) is 1. The second-order valence-electron chi connectivity index (χ2n) is 10.0. The highest BCUT2D eigenvalue weighted by atomic mass is 32.2. The third kappa shape index (κ3) is 5.50. The second kappa shape index (κ2) is 11.0. The molecule has 2 saturated heterocycles. The zero-order valence-corrected chi connectivity index (χ0v) is 22.4. The number of aryl methyl sites for hydroxylation is 1. The quantitative estimate of drug-likeness (QED) is 0.584. The molecule has 1 aromatic carbocycles. The van der Waals surface area contributed by atoms with Crippen molar-refractivity contribution in [1.29, 1.82) is 0 Å². The lowest BCUT2D eigenvalue weighted by Crippen LogP contribution is -2.51. The Bertz CT molecular complexity index is 1230. The van der Waals surface area contributed by atoms with Crippen LogP contribution in [-0.4, -0.2) is 84.8 Å². The summed E-state index contributed by atoms with van der Waals surface area (Å²) in [5.74, 6) is 1.07. The molecule has 10 nitrogen and oxygen atoms in total. The number of hydrogen-bond acceptors (Lipinski definition) is 8. The van der Waals surface area contributed by atoms with E-state index in [1.54, 1.807) is 4.31 Å². The lowest BCUT2D eigenvalue weighted by Gasteiger charge is -2.40. The van der Waals surface area contributed by atoms with Crippen molar-refractivity contribution in [3.05, 3.63) is 47.2 Å². The first-order valence-electron chi connectivity index (χ1n) is 13.2. The molecule has 37 heavy (non-hydrogen) atoms. The van der Waals surface area contributed by atoms with Crippen molar-refractivity contribution in [2.45, 2.75) is 51.5 Å². The van der Waals surface area contributed by atoms with E-state index < -0.39 is 10.0 Å². The number of aromatic nitrogens is 2. The van der Waals surface area contributed by atoms with Crippen molar-refractivity contribution >= 4 is 27.7 Å². The molecule has 0 saturated carbocycles. The van der Waals surface area contributed by atoms with Crippen LogP contribution in [0.1, 0.15) is 48.8 Å². The smallest absolute Gasteiger partial charge is 0.239 e. The van der Waals surface area contributed by atoms with Crippen LogP contribution in [0.4, 0.5) is 11.8 Å². The van der Waals surface area contributed by atoms with Crippen molar-refractivity contribution in [3.63, 3.8) is 0 Å². The van der Waals surface area contributed by atoms with E-state index in [2.05, 4.69) is 10.4 Å². The minimum Gasteiger partial charge on any atom is -0.381 e. The predicted molar refractivity (Wildman–Crippen MR) is 142 cm³/mol. The number of piperazine rings is 1. The summed E-state index contributed by atoms with van der Waals surface area (Å²) >= 11 is 0. The standard InChI is InChI=1S/C26H36N6O4S/c1-3-16-37(34,35)31-12-10-30(11-13-31)29-26-27-18-20-17-23(22-7-5-4-6-19(22)2)25(33)32(24(20)28-26)21-8-14-36-15-9-21/h4-7,18,21,23H,3,8-17H2,1-2H3,(H,27,28,29). The summed E-state index contributed by atoms with van der Waals surface area (Å²) in [4.78, 5) is 25.3. The number of fused-ring (bicyclic) bond motifs is 1. The fourth-order valence-electron chi connectivity index (χ4n) is 5.51. The first-order chi connectivity index (χ1) is 17.9. The summed E-state index contributed by atoms with van der Waals surface area (Å²) in [6.45, 7) is 7.08. The molecule has 0 aliphatic carbocycles. The largest absolute Gasteiger partial charge is 0.381 e. The number of rotatable bonds is 7. The monoisotopic (exact) mass is 528 g/mol. The SMILES string of the molecule is CCCS(=O)(=O)N1CCN(Nc2ncc3c(n2)N(C2CCOCC2)C(=O)C(c2ccccc2C)C3)CC1. The molecule has 4 heterocycles. The molecular formula is C26H36N6O4S. The van der Waals surface area contributed by atoms with Crippen LogP contribution in [0, 0.1) is 6.92 Å². The van der Waals surface area contributed by atoms with Gasteiger partial charge in [0.2, 0.25) is 21.9 Å². The molecule has 11 heteroatoms. The van der Waals surface area contributed by atoms with Gasteiger partial charge in [-0.2, -0.15) is 9.29 Å². The molecule has 1 unspecified atom stereocenters. The van der Waals surface area contributed by atoms with Crippen LogP contribution in [0.3, 0.4) is 0 Å². The molecule has 1 N–H and O–H groups in total. The van der Waals surface area contributed by atoms with Gasteiger partial charge in [-0.3, -0.25) is 15.1 Å². The van der Waals surface area contributed by atoms with Crippen molar-refractivity contribution < 1.29 is 17.9 Å². The molecule has 0 bridgehead atoms. The number of amides is 1. The third-order valence-electron chi connectivity index (χ3n) is 7.50. The summed E-state index contributed by atoms with van der Waals surface area (Å²) in [6, 6.07) is 8.11. The Morgan fingerprint density at radius 1 is 1.11 bits per heavy atom. The van der Waals surface area contributed by atoms with Crippen LogP contribution in [0.2, 0.25) is 0 Å². The Hall–Kier alpha value is -2.60. The molecule has 1 amide bonds. The maximum absolute atomic E-state index is 14.0. The van der Waals surface area contributed by atoms with E-state index in [0.29, 0.717) is 64.0 Å². The van der Waals surface area contributed by atoms with E-state index in [0.717, 1.165) is 29.5 Å². The van der Waals surface area contributed by atoms with E-state index in [-0.39, 0.29) is 23.6 Å². The van der Waals surface area contributed by atoms with Crippen LogP contribution >= 0.6 is 0 Å². The zero-order chi connectivity index (χ0) is 26.0. The molecule has 5 rings (SSSR count). The minimum absolute atomic E-state index is 0.0295. The summed E-state index contributed by atoms with van der Waals surface area (Å²) in [7, 11) is -3.21. The fourth-order valence-corrected chi connectivity index (χ4v) is 7.00. The Balaban J connectivity index is 1.37. The number of nitrogens with one attached hydrogen (secondary N) is 1. The highest BCUT2D eigenvalue weighted by molar-refractivity contribution is 7.89. The molecule has 0 radical (unpaired) electrons. The number of nitrogens with zero attached hydrogens (tertiary/aromatic N) is 5. The maximum atomic E-state index is 14.0. The fraction of sp³-hybridized carbons (Fsp3) is 0.577. The normalized spacial score (nSPS) is 22.2. The Kier molecular flexibility index (Phi) is 7.75. The minimum atomic E-state index is -3.21. The Labute approximate surface area is 219 Å². The van der Waals surface area contributed by atoms with Gasteiger partial charge < -0.3 is 4.74 Å². The number of sulfonamides is 1. The van der Waals surface area contributed by atoms with Crippen molar-refractivity contribution in [2.24, 2.45) is 0 Å². The van der Waals surface area contributed by atoms with Gasteiger partial charge in [0, 0.05) is 57.2 Å².